The average Bonchev–Trinajstić information content (AvgIpc) is 3.53. The number of fused-ring (bicyclic) bond motifs is 2. The van der Waals surface area contributed by atoms with Gasteiger partial charge in [0, 0.05) is 29.6 Å². The summed E-state index contributed by atoms with van der Waals surface area (Å²) in [7, 11) is 1.67. The number of ether oxygens (including phenoxy) is 3. The third-order valence-electron chi connectivity index (χ3n) is 6.10. The highest BCUT2D eigenvalue weighted by atomic mass is 32.1. The molecule has 1 aromatic carbocycles. The molecule has 6 rings (SSSR count). The summed E-state index contributed by atoms with van der Waals surface area (Å²) < 4.78 is 17.5. The lowest BCUT2D eigenvalue weighted by atomic mass is 9.96. The molecule has 1 amide bonds. The molecule has 2 N–H and O–H groups in total. The van der Waals surface area contributed by atoms with Gasteiger partial charge in [-0.1, -0.05) is 0 Å². The number of imidazole rings is 1. The number of nitrogens with one attached hydrogen (secondary N) is 2. The number of rotatable bonds is 5. The summed E-state index contributed by atoms with van der Waals surface area (Å²) in [4.78, 5) is 25.1. The van der Waals surface area contributed by atoms with Crippen molar-refractivity contribution in [3.63, 3.8) is 0 Å². The van der Waals surface area contributed by atoms with Crippen molar-refractivity contribution in [2.75, 3.05) is 19.0 Å². The maximum absolute atomic E-state index is 11.7. The summed E-state index contributed by atoms with van der Waals surface area (Å²) in [6.07, 6.45) is 5.34. The minimum Gasteiger partial charge on any atom is -0.496 e. The third-order valence-corrected chi connectivity index (χ3v) is 7.04. The Balaban J connectivity index is 1.21. The van der Waals surface area contributed by atoms with Gasteiger partial charge in [0.1, 0.15) is 34.6 Å². The van der Waals surface area contributed by atoms with Gasteiger partial charge in [-0.2, -0.15) is 0 Å². The lowest BCUT2D eigenvalue weighted by Gasteiger charge is -2.25. The van der Waals surface area contributed by atoms with Gasteiger partial charge in [-0.05, 0) is 42.7 Å². The number of thiophene rings is 1. The molecule has 4 aromatic rings. The first-order valence-electron chi connectivity index (χ1n) is 11.1. The number of aromatic amines is 1. The van der Waals surface area contributed by atoms with Crippen molar-refractivity contribution >= 4 is 23.1 Å². The predicted molar refractivity (Wildman–Crippen MR) is 128 cm³/mol. The highest BCUT2D eigenvalue weighted by molar-refractivity contribution is 7.13. The van der Waals surface area contributed by atoms with Crippen molar-refractivity contribution in [2.45, 2.75) is 25.2 Å². The van der Waals surface area contributed by atoms with Crippen LogP contribution in [0.4, 0.5) is 5.82 Å². The summed E-state index contributed by atoms with van der Waals surface area (Å²) >= 11 is 1.62. The Kier molecular flexibility index (Phi) is 5.18. The number of amides is 1. The Morgan fingerprint density at radius 3 is 2.97 bits per heavy atom. The number of H-pyrrole nitrogens is 1. The monoisotopic (exact) mass is 474 g/mol. The van der Waals surface area contributed by atoms with E-state index in [0.29, 0.717) is 31.0 Å². The molecular formula is C25H22N4O4S. The van der Waals surface area contributed by atoms with Gasteiger partial charge in [-0.15, -0.1) is 11.3 Å². The second-order valence-corrected chi connectivity index (χ2v) is 9.21. The van der Waals surface area contributed by atoms with E-state index in [1.54, 1.807) is 24.6 Å². The van der Waals surface area contributed by atoms with Crippen molar-refractivity contribution in [3.05, 3.63) is 65.1 Å². The molecule has 34 heavy (non-hydrogen) atoms. The molecule has 172 valence electrons. The summed E-state index contributed by atoms with van der Waals surface area (Å²) in [5.41, 5.74) is 2.96. The van der Waals surface area contributed by atoms with Gasteiger partial charge >= 0.3 is 0 Å². The minimum atomic E-state index is -0.0200. The molecule has 8 nitrogen and oxygen atoms in total. The number of benzene rings is 1. The van der Waals surface area contributed by atoms with E-state index in [2.05, 4.69) is 20.3 Å². The molecule has 0 spiro atoms. The molecule has 0 aliphatic carbocycles. The number of anilines is 1. The maximum Gasteiger partial charge on any atom is 0.225 e. The van der Waals surface area contributed by atoms with Crippen molar-refractivity contribution in [1.82, 2.24) is 15.0 Å². The Bertz CT molecular complexity index is 1380. The zero-order chi connectivity index (χ0) is 23.1. The molecule has 3 aromatic heterocycles. The standard InChI is InChI=1S/C25H22N4O4S/c1-31-17-10-22(34-13-17)19-11-27-24(28-19)15-8-14-9-16(2-4-20(14)32-12-15)33-21-6-7-26-25-18(21)3-5-23(30)29-25/h2,4,6-7,9-11,13,15H,3,5,8,12H2,1H3,(H,27,28)(H,26,29,30). The third kappa shape index (κ3) is 3.88. The van der Waals surface area contributed by atoms with E-state index >= 15 is 0 Å². The second-order valence-electron chi connectivity index (χ2n) is 8.30. The van der Waals surface area contributed by atoms with Crippen molar-refractivity contribution in [2.24, 2.45) is 0 Å². The maximum atomic E-state index is 11.7. The molecule has 0 fully saturated rings. The van der Waals surface area contributed by atoms with E-state index in [0.717, 1.165) is 51.2 Å². The minimum absolute atomic E-state index is 0.0200. The smallest absolute Gasteiger partial charge is 0.225 e. The largest absolute Gasteiger partial charge is 0.496 e. The highest BCUT2D eigenvalue weighted by Crippen LogP contribution is 2.38. The van der Waals surface area contributed by atoms with Crippen LogP contribution in [0.3, 0.4) is 0 Å². The van der Waals surface area contributed by atoms with E-state index in [9.17, 15) is 4.79 Å². The first-order valence-corrected chi connectivity index (χ1v) is 11.9. The van der Waals surface area contributed by atoms with E-state index in [4.69, 9.17) is 14.2 Å². The summed E-state index contributed by atoms with van der Waals surface area (Å²) in [5.74, 6) is 4.71. The summed E-state index contributed by atoms with van der Waals surface area (Å²) in [6.45, 7) is 0.561. The number of carbonyl (C=O) groups excluding carboxylic acids is 1. The molecule has 0 saturated heterocycles. The van der Waals surface area contributed by atoms with Crippen LogP contribution in [0.1, 0.15) is 29.3 Å². The summed E-state index contributed by atoms with van der Waals surface area (Å²) in [6, 6.07) is 9.70. The van der Waals surface area contributed by atoms with Crippen LogP contribution in [0, 0.1) is 0 Å². The van der Waals surface area contributed by atoms with Crippen molar-refractivity contribution in [3.8, 4) is 33.6 Å². The van der Waals surface area contributed by atoms with Crippen LogP contribution in [0.25, 0.3) is 10.6 Å². The Labute approximate surface area is 199 Å². The van der Waals surface area contributed by atoms with E-state index < -0.39 is 0 Å². The van der Waals surface area contributed by atoms with Gasteiger partial charge in [-0.25, -0.2) is 9.97 Å². The van der Waals surface area contributed by atoms with E-state index in [1.165, 1.54) is 0 Å². The van der Waals surface area contributed by atoms with E-state index in [-0.39, 0.29) is 11.8 Å². The molecule has 0 bridgehead atoms. The molecule has 9 heteroatoms. The number of aromatic nitrogens is 3. The fraction of sp³-hybridized carbons (Fsp3) is 0.240. The van der Waals surface area contributed by atoms with Gasteiger partial charge in [0.15, 0.2) is 0 Å². The van der Waals surface area contributed by atoms with Crippen LogP contribution < -0.4 is 19.5 Å². The van der Waals surface area contributed by atoms with Crippen LogP contribution in [0.2, 0.25) is 0 Å². The van der Waals surface area contributed by atoms with E-state index in [1.807, 2.05) is 41.9 Å². The quantitative estimate of drug-likeness (QED) is 0.425. The molecule has 0 saturated carbocycles. The highest BCUT2D eigenvalue weighted by Gasteiger charge is 2.25. The van der Waals surface area contributed by atoms with Crippen LogP contribution in [-0.4, -0.2) is 34.6 Å². The molecule has 1 atom stereocenters. The first-order chi connectivity index (χ1) is 16.7. The first kappa shape index (κ1) is 20.7. The molecule has 2 aliphatic rings. The number of methoxy groups -OCH3 is 1. The van der Waals surface area contributed by atoms with Gasteiger partial charge < -0.3 is 24.5 Å². The van der Waals surface area contributed by atoms with Crippen LogP contribution in [0.15, 0.2) is 48.1 Å². The lowest BCUT2D eigenvalue weighted by Crippen LogP contribution is -2.20. The van der Waals surface area contributed by atoms with Gasteiger partial charge in [0.25, 0.3) is 0 Å². The molecule has 1 unspecified atom stereocenters. The second kappa shape index (κ2) is 8.49. The Morgan fingerprint density at radius 2 is 2.09 bits per heavy atom. The van der Waals surface area contributed by atoms with Crippen molar-refractivity contribution < 1.29 is 19.0 Å². The van der Waals surface area contributed by atoms with Gasteiger partial charge in [0.05, 0.1) is 36.4 Å². The van der Waals surface area contributed by atoms with Gasteiger partial charge in [-0.3, -0.25) is 4.79 Å². The topological polar surface area (TPSA) is 98.4 Å². The summed E-state index contributed by atoms with van der Waals surface area (Å²) in [5, 5.41) is 4.79. The Hall–Kier alpha value is -3.85. The van der Waals surface area contributed by atoms with Crippen LogP contribution in [-0.2, 0) is 17.6 Å². The lowest BCUT2D eigenvalue weighted by molar-refractivity contribution is -0.116. The van der Waals surface area contributed by atoms with Crippen LogP contribution >= 0.6 is 11.3 Å². The number of pyridine rings is 1. The number of hydrogen-bond donors (Lipinski definition) is 2. The SMILES string of the molecule is COc1csc(-c2cnc(C3COc4ccc(Oc5ccnc6c5CCC(=O)N6)cc4C3)[nH]2)c1. The number of nitrogens with zero attached hydrogens (tertiary/aromatic N) is 2. The predicted octanol–water partition coefficient (Wildman–Crippen LogP) is 4.94. The number of carbonyl (C=O) groups is 1. The zero-order valence-electron chi connectivity index (χ0n) is 18.5. The fourth-order valence-electron chi connectivity index (χ4n) is 4.33. The van der Waals surface area contributed by atoms with Crippen molar-refractivity contribution in [1.29, 1.82) is 0 Å². The molecule has 2 aliphatic heterocycles. The average molecular weight is 475 g/mol. The normalized spacial score (nSPS) is 16.7. The molecule has 5 heterocycles. The molecule has 0 radical (unpaired) electrons. The fourth-order valence-corrected chi connectivity index (χ4v) is 5.15. The van der Waals surface area contributed by atoms with Gasteiger partial charge in [0.2, 0.25) is 5.91 Å². The molecular weight excluding hydrogens is 452 g/mol. The Morgan fingerprint density at radius 1 is 1.15 bits per heavy atom. The van der Waals surface area contributed by atoms with Crippen LogP contribution in [0.5, 0.6) is 23.0 Å². The number of hydrogen-bond acceptors (Lipinski definition) is 7. The zero-order valence-corrected chi connectivity index (χ0v) is 19.3.